The summed E-state index contributed by atoms with van der Waals surface area (Å²) >= 11 is 0. The van der Waals surface area contributed by atoms with Gasteiger partial charge in [-0.05, 0) is 24.1 Å². The highest BCUT2D eigenvalue weighted by atomic mass is 16.3. The SMILES string of the molecule is CC[C@H](NC(C)C)[C@@H](O)c1ccc(O)c2[nH]c(=O)ccc12. The molecule has 0 aliphatic heterocycles. The van der Waals surface area contributed by atoms with Crippen molar-refractivity contribution in [1.82, 2.24) is 10.3 Å². The molecule has 0 saturated heterocycles. The molecule has 5 nitrogen and oxygen atoms in total. The quantitative estimate of drug-likeness (QED) is 0.679. The molecule has 1 aromatic heterocycles. The minimum Gasteiger partial charge on any atom is -0.506 e. The zero-order chi connectivity index (χ0) is 15.6. The van der Waals surface area contributed by atoms with E-state index in [0.29, 0.717) is 16.5 Å². The molecule has 0 amide bonds. The highest BCUT2D eigenvalue weighted by Gasteiger charge is 2.22. The van der Waals surface area contributed by atoms with Crippen molar-refractivity contribution >= 4 is 10.9 Å². The van der Waals surface area contributed by atoms with E-state index in [1.807, 2.05) is 20.8 Å². The van der Waals surface area contributed by atoms with E-state index in [0.717, 1.165) is 6.42 Å². The maximum atomic E-state index is 11.4. The summed E-state index contributed by atoms with van der Waals surface area (Å²) in [4.78, 5) is 14.0. The zero-order valence-electron chi connectivity index (χ0n) is 12.6. The van der Waals surface area contributed by atoms with Crippen molar-refractivity contribution in [2.24, 2.45) is 0 Å². The topological polar surface area (TPSA) is 85.3 Å². The summed E-state index contributed by atoms with van der Waals surface area (Å²) in [7, 11) is 0. The fraction of sp³-hybridized carbons (Fsp3) is 0.438. The first-order valence-corrected chi connectivity index (χ1v) is 7.23. The number of aromatic amines is 1. The second-order valence-corrected chi connectivity index (χ2v) is 5.57. The summed E-state index contributed by atoms with van der Waals surface area (Å²) in [6.07, 6.45) is 0.0526. The molecule has 0 fully saturated rings. The average molecular weight is 290 g/mol. The first-order chi connectivity index (χ1) is 9.93. The third kappa shape index (κ3) is 3.25. The van der Waals surface area contributed by atoms with Crippen molar-refractivity contribution in [3.63, 3.8) is 0 Å². The van der Waals surface area contributed by atoms with Crippen molar-refractivity contribution in [1.29, 1.82) is 0 Å². The number of nitrogens with one attached hydrogen (secondary N) is 2. The van der Waals surface area contributed by atoms with Gasteiger partial charge in [-0.1, -0.05) is 26.8 Å². The van der Waals surface area contributed by atoms with Gasteiger partial charge < -0.3 is 20.5 Å². The van der Waals surface area contributed by atoms with Gasteiger partial charge in [0, 0.05) is 23.5 Å². The van der Waals surface area contributed by atoms with Crippen molar-refractivity contribution in [2.45, 2.75) is 45.4 Å². The third-order valence-electron chi connectivity index (χ3n) is 3.59. The Kier molecular flexibility index (Phi) is 4.65. The summed E-state index contributed by atoms with van der Waals surface area (Å²) in [6.45, 7) is 6.07. The number of phenolic OH excluding ortho intramolecular Hbond substituents is 1. The van der Waals surface area contributed by atoms with Crippen molar-refractivity contribution < 1.29 is 10.2 Å². The normalized spacial score (nSPS) is 14.5. The molecule has 0 saturated carbocycles. The van der Waals surface area contributed by atoms with Gasteiger partial charge in [0.1, 0.15) is 5.75 Å². The molecule has 0 aliphatic rings. The Morgan fingerprint density at radius 1 is 1.24 bits per heavy atom. The molecule has 4 N–H and O–H groups in total. The Hall–Kier alpha value is -1.85. The number of aromatic nitrogens is 1. The largest absolute Gasteiger partial charge is 0.506 e. The number of aliphatic hydroxyl groups excluding tert-OH is 1. The molecular formula is C16H22N2O3. The smallest absolute Gasteiger partial charge is 0.248 e. The summed E-state index contributed by atoms with van der Waals surface area (Å²) in [5.74, 6) is 0.00326. The minimum atomic E-state index is -0.716. The molecule has 21 heavy (non-hydrogen) atoms. The molecule has 0 radical (unpaired) electrons. The number of hydrogen-bond acceptors (Lipinski definition) is 4. The number of fused-ring (bicyclic) bond motifs is 1. The molecular weight excluding hydrogens is 268 g/mol. The van der Waals surface area contributed by atoms with Crippen LogP contribution in [0.1, 0.15) is 38.9 Å². The second kappa shape index (κ2) is 6.28. The molecule has 5 heteroatoms. The second-order valence-electron chi connectivity index (χ2n) is 5.57. The molecule has 0 spiro atoms. The molecule has 2 aromatic rings. The number of aliphatic hydroxyl groups is 1. The number of benzene rings is 1. The lowest BCUT2D eigenvalue weighted by Crippen LogP contribution is -2.39. The predicted octanol–water partition coefficient (Wildman–Crippen LogP) is 2.04. The summed E-state index contributed by atoms with van der Waals surface area (Å²) in [5, 5.41) is 24.5. The summed E-state index contributed by atoms with van der Waals surface area (Å²) in [6, 6.07) is 6.39. The Morgan fingerprint density at radius 3 is 2.57 bits per heavy atom. The van der Waals surface area contributed by atoms with E-state index in [-0.39, 0.29) is 23.4 Å². The maximum absolute atomic E-state index is 11.4. The highest BCUT2D eigenvalue weighted by molar-refractivity contribution is 5.87. The number of hydrogen-bond donors (Lipinski definition) is 4. The average Bonchev–Trinajstić information content (AvgIpc) is 2.45. The molecule has 0 unspecified atom stereocenters. The Balaban J connectivity index is 2.50. The van der Waals surface area contributed by atoms with Crippen LogP contribution in [0.25, 0.3) is 10.9 Å². The Bertz CT molecular complexity index is 679. The van der Waals surface area contributed by atoms with Gasteiger partial charge in [-0.25, -0.2) is 0 Å². The van der Waals surface area contributed by atoms with Gasteiger partial charge in [0.15, 0.2) is 0 Å². The van der Waals surface area contributed by atoms with E-state index in [9.17, 15) is 15.0 Å². The van der Waals surface area contributed by atoms with Gasteiger partial charge >= 0.3 is 0 Å². The molecule has 1 aromatic carbocycles. The fourth-order valence-corrected chi connectivity index (χ4v) is 2.59. The van der Waals surface area contributed by atoms with Crippen LogP contribution in [0, 0.1) is 0 Å². The van der Waals surface area contributed by atoms with E-state index >= 15 is 0 Å². The fourth-order valence-electron chi connectivity index (χ4n) is 2.59. The maximum Gasteiger partial charge on any atom is 0.248 e. The van der Waals surface area contributed by atoms with Crippen LogP contribution in [0.5, 0.6) is 5.75 Å². The highest BCUT2D eigenvalue weighted by Crippen LogP contribution is 2.30. The molecule has 2 rings (SSSR count). The van der Waals surface area contributed by atoms with Gasteiger partial charge in [-0.3, -0.25) is 4.79 Å². The lowest BCUT2D eigenvalue weighted by molar-refractivity contribution is 0.123. The lowest BCUT2D eigenvalue weighted by atomic mass is 9.95. The van der Waals surface area contributed by atoms with Crippen LogP contribution in [0.3, 0.4) is 0 Å². The molecule has 0 bridgehead atoms. The monoisotopic (exact) mass is 290 g/mol. The lowest BCUT2D eigenvalue weighted by Gasteiger charge is -2.26. The van der Waals surface area contributed by atoms with Crippen molar-refractivity contribution in [3.8, 4) is 5.75 Å². The van der Waals surface area contributed by atoms with E-state index in [4.69, 9.17) is 0 Å². The Labute approximate surface area is 123 Å². The number of aromatic hydroxyl groups is 1. The van der Waals surface area contributed by atoms with Crippen LogP contribution < -0.4 is 10.9 Å². The first kappa shape index (κ1) is 15.5. The van der Waals surface area contributed by atoms with Gasteiger partial charge in [0.2, 0.25) is 5.56 Å². The number of rotatable bonds is 5. The van der Waals surface area contributed by atoms with E-state index in [1.54, 1.807) is 12.1 Å². The van der Waals surface area contributed by atoms with Crippen LogP contribution in [-0.2, 0) is 0 Å². The van der Waals surface area contributed by atoms with Gasteiger partial charge in [0.05, 0.1) is 11.6 Å². The number of H-pyrrole nitrogens is 1. The van der Waals surface area contributed by atoms with Crippen LogP contribution in [0.2, 0.25) is 0 Å². The predicted molar refractivity (Wildman–Crippen MR) is 83.5 cm³/mol. The van der Waals surface area contributed by atoms with E-state index in [1.165, 1.54) is 12.1 Å². The minimum absolute atomic E-state index is 0.00326. The standard InChI is InChI=1S/C16H22N2O3/c1-4-12(17-9(2)3)16(21)11-5-7-13(19)15-10(11)6-8-14(20)18-15/h5-9,12,16-17,19,21H,4H2,1-3H3,(H,18,20)/t12-,16-/m0/s1. The van der Waals surface area contributed by atoms with Crippen LogP contribution in [0.15, 0.2) is 29.1 Å². The molecule has 1 heterocycles. The molecule has 2 atom stereocenters. The molecule has 0 aliphatic carbocycles. The number of phenols is 1. The van der Waals surface area contributed by atoms with Crippen LogP contribution in [0.4, 0.5) is 0 Å². The van der Waals surface area contributed by atoms with Gasteiger partial charge in [-0.15, -0.1) is 0 Å². The first-order valence-electron chi connectivity index (χ1n) is 7.23. The number of pyridine rings is 1. The van der Waals surface area contributed by atoms with Crippen molar-refractivity contribution in [2.75, 3.05) is 0 Å². The third-order valence-corrected chi connectivity index (χ3v) is 3.59. The van der Waals surface area contributed by atoms with Gasteiger partial charge in [0.25, 0.3) is 0 Å². The van der Waals surface area contributed by atoms with E-state index in [2.05, 4.69) is 10.3 Å². The summed E-state index contributed by atoms with van der Waals surface area (Å²) < 4.78 is 0. The Morgan fingerprint density at radius 2 is 1.95 bits per heavy atom. The zero-order valence-corrected chi connectivity index (χ0v) is 12.6. The van der Waals surface area contributed by atoms with E-state index < -0.39 is 6.10 Å². The molecule has 114 valence electrons. The summed E-state index contributed by atoms with van der Waals surface area (Å²) in [5.41, 5.74) is 0.772. The van der Waals surface area contributed by atoms with Crippen LogP contribution in [-0.4, -0.2) is 27.3 Å². The van der Waals surface area contributed by atoms with Crippen molar-refractivity contribution in [3.05, 3.63) is 40.2 Å². The van der Waals surface area contributed by atoms with Crippen LogP contribution >= 0.6 is 0 Å². The van der Waals surface area contributed by atoms with Gasteiger partial charge in [-0.2, -0.15) is 0 Å².